The number of nitrogens with zero attached hydrogens (tertiary/aromatic N) is 2. The Bertz CT molecular complexity index is 244. The lowest BCUT2D eigenvalue weighted by molar-refractivity contribution is 0.105. The third kappa shape index (κ3) is 3.46. The summed E-state index contributed by atoms with van der Waals surface area (Å²) in [5.74, 6) is 0. The highest BCUT2D eigenvalue weighted by Crippen LogP contribution is 2.25. The third-order valence-corrected chi connectivity index (χ3v) is 4.88. The summed E-state index contributed by atoms with van der Waals surface area (Å²) in [6.07, 6.45) is 9.21. The predicted octanol–water partition coefficient (Wildman–Crippen LogP) is 2.06. The quantitative estimate of drug-likeness (QED) is 0.765. The molecule has 2 aliphatic rings. The summed E-state index contributed by atoms with van der Waals surface area (Å²) in [5.41, 5.74) is 6.46. The van der Waals surface area contributed by atoms with E-state index in [0.717, 1.165) is 0 Å². The molecule has 2 N–H and O–H groups in total. The van der Waals surface area contributed by atoms with Crippen LogP contribution in [0.3, 0.4) is 0 Å². The van der Waals surface area contributed by atoms with Crippen molar-refractivity contribution in [2.75, 3.05) is 26.7 Å². The van der Waals surface area contributed by atoms with Gasteiger partial charge in [-0.3, -0.25) is 4.90 Å². The second kappa shape index (κ2) is 6.88. The first-order valence-electron chi connectivity index (χ1n) is 7.92. The molecular formula is C15H31N3. The van der Waals surface area contributed by atoms with Crippen LogP contribution in [0.1, 0.15) is 51.9 Å². The molecule has 2 rings (SSSR count). The minimum Gasteiger partial charge on any atom is -0.326 e. The van der Waals surface area contributed by atoms with E-state index < -0.39 is 0 Å². The smallest absolute Gasteiger partial charge is 0.0250 e. The van der Waals surface area contributed by atoms with Crippen LogP contribution >= 0.6 is 0 Å². The Morgan fingerprint density at radius 1 is 1.06 bits per heavy atom. The van der Waals surface area contributed by atoms with Gasteiger partial charge in [0, 0.05) is 31.2 Å². The fraction of sp³-hybridized carbons (Fsp3) is 1.00. The van der Waals surface area contributed by atoms with Gasteiger partial charge in [0.05, 0.1) is 0 Å². The molecule has 0 aromatic heterocycles. The minimum absolute atomic E-state index is 0.407. The van der Waals surface area contributed by atoms with E-state index in [-0.39, 0.29) is 0 Å². The molecule has 3 unspecified atom stereocenters. The molecule has 0 bridgehead atoms. The molecule has 2 fully saturated rings. The van der Waals surface area contributed by atoms with Crippen LogP contribution in [0, 0.1) is 0 Å². The molecule has 0 amide bonds. The van der Waals surface area contributed by atoms with Gasteiger partial charge in [0.25, 0.3) is 0 Å². The summed E-state index contributed by atoms with van der Waals surface area (Å²) in [7, 11) is 2.26. The fourth-order valence-corrected chi connectivity index (χ4v) is 3.79. The number of hydrogen-bond acceptors (Lipinski definition) is 3. The molecular weight excluding hydrogens is 222 g/mol. The van der Waals surface area contributed by atoms with E-state index >= 15 is 0 Å². The number of hydrogen-bond donors (Lipinski definition) is 1. The SMILES string of the molecule is CCC1CN(C)CCCN1C1CCCCCC1N. The molecule has 1 saturated heterocycles. The Morgan fingerprint density at radius 2 is 1.83 bits per heavy atom. The van der Waals surface area contributed by atoms with E-state index in [1.54, 1.807) is 0 Å². The van der Waals surface area contributed by atoms with Crippen LogP contribution in [-0.4, -0.2) is 54.6 Å². The zero-order valence-electron chi connectivity index (χ0n) is 12.3. The van der Waals surface area contributed by atoms with Crippen LogP contribution in [0.25, 0.3) is 0 Å². The second-order valence-electron chi connectivity index (χ2n) is 6.28. The van der Waals surface area contributed by atoms with Crippen LogP contribution < -0.4 is 5.73 Å². The Labute approximate surface area is 113 Å². The van der Waals surface area contributed by atoms with Gasteiger partial charge in [-0.25, -0.2) is 0 Å². The molecule has 1 aliphatic carbocycles. The maximum absolute atomic E-state index is 6.46. The summed E-state index contributed by atoms with van der Waals surface area (Å²) in [4.78, 5) is 5.26. The molecule has 1 aliphatic heterocycles. The van der Waals surface area contributed by atoms with Crippen LogP contribution in [0.4, 0.5) is 0 Å². The zero-order chi connectivity index (χ0) is 13.0. The lowest BCUT2D eigenvalue weighted by Crippen LogP contribution is -2.53. The normalized spacial score (nSPS) is 37.2. The summed E-state index contributed by atoms with van der Waals surface area (Å²) < 4.78 is 0. The fourth-order valence-electron chi connectivity index (χ4n) is 3.79. The molecule has 0 aromatic carbocycles. The lowest BCUT2D eigenvalue weighted by atomic mass is 9.99. The Kier molecular flexibility index (Phi) is 5.46. The highest BCUT2D eigenvalue weighted by atomic mass is 15.3. The molecule has 106 valence electrons. The van der Waals surface area contributed by atoms with E-state index in [2.05, 4.69) is 23.8 Å². The molecule has 18 heavy (non-hydrogen) atoms. The van der Waals surface area contributed by atoms with Crippen molar-refractivity contribution in [2.24, 2.45) is 5.73 Å². The second-order valence-corrected chi connectivity index (χ2v) is 6.28. The van der Waals surface area contributed by atoms with E-state index in [4.69, 9.17) is 5.73 Å². The van der Waals surface area contributed by atoms with Crippen LogP contribution in [0.5, 0.6) is 0 Å². The molecule has 1 saturated carbocycles. The van der Waals surface area contributed by atoms with Crippen molar-refractivity contribution in [1.82, 2.24) is 9.80 Å². The van der Waals surface area contributed by atoms with E-state index in [1.165, 1.54) is 64.6 Å². The van der Waals surface area contributed by atoms with Crippen LogP contribution in [0.2, 0.25) is 0 Å². The predicted molar refractivity (Wildman–Crippen MR) is 77.7 cm³/mol. The first-order valence-corrected chi connectivity index (χ1v) is 7.92. The number of likely N-dealkylation sites (N-methyl/N-ethyl adjacent to an activating group) is 1. The first kappa shape index (κ1) is 14.3. The standard InChI is InChI=1S/C15H31N3/c1-3-13-12-17(2)10-7-11-18(13)15-9-6-4-5-8-14(15)16/h13-15H,3-12,16H2,1-2H3. The molecule has 0 radical (unpaired) electrons. The highest BCUT2D eigenvalue weighted by Gasteiger charge is 2.32. The maximum atomic E-state index is 6.46. The van der Waals surface area contributed by atoms with Gasteiger partial charge in [0.2, 0.25) is 0 Å². The van der Waals surface area contributed by atoms with E-state index in [1.807, 2.05) is 0 Å². The van der Waals surface area contributed by atoms with E-state index in [0.29, 0.717) is 18.1 Å². The molecule has 3 heteroatoms. The summed E-state index contributed by atoms with van der Waals surface area (Å²) in [6, 6.07) is 1.76. The first-order chi connectivity index (χ1) is 8.72. The molecule has 3 atom stereocenters. The van der Waals surface area contributed by atoms with Crippen LogP contribution in [-0.2, 0) is 0 Å². The monoisotopic (exact) mass is 253 g/mol. The van der Waals surface area contributed by atoms with Crippen molar-refractivity contribution < 1.29 is 0 Å². The number of nitrogens with two attached hydrogens (primary N) is 1. The summed E-state index contributed by atoms with van der Waals surface area (Å²) in [6.45, 7) is 6.05. The third-order valence-electron chi connectivity index (χ3n) is 4.88. The molecule has 0 spiro atoms. The Morgan fingerprint density at radius 3 is 2.61 bits per heavy atom. The van der Waals surface area contributed by atoms with Gasteiger partial charge >= 0.3 is 0 Å². The molecule has 0 aromatic rings. The lowest BCUT2D eigenvalue weighted by Gasteiger charge is -2.39. The number of rotatable bonds is 2. The Balaban J connectivity index is 2.06. The highest BCUT2D eigenvalue weighted by molar-refractivity contribution is 4.90. The summed E-state index contributed by atoms with van der Waals surface area (Å²) >= 11 is 0. The van der Waals surface area contributed by atoms with Gasteiger partial charge < -0.3 is 10.6 Å². The Hall–Kier alpha value is -0.120. The van der Waals surface area contributed by atoms with Crippen molar-refractivity contribution in [2.45, 2.75) is 70.0 Å². The van der Waals surface area contributed by atoms with Crippen molar-refractivity contribution in [1.29, 1.82) is 0 Å². The topological polar surface area (TPSA) is 32.5 Å². The van der Waals surface area contributed by atoms with Gasteiger partial charge in [0.15, 0.2) is 0 Å². The van der Waals surface area contributed by atoms with Gasteiger partial charge in [0.1, 0.15) is 0 Å². The van der Waals surface area contributed by atoms with Gasteiger partial charge in [-0.1, -0.05) is 26.2 Å². The average molecular weight is 253 g/mol. The van der Waals surface area contributed by atoms with E-state index in [9.17, 15) is 0 Å². The van der Waals surface area contributed by atoms with Gasteiger partial charge in [-0.2, -0.15) is 0 Å². The summed E-state index contributed by atoms with van der Waals surface area (Å²) in [5, 5.41) is 0. The van der Waals surface area contributed by atoms with Crippen LogP contribution in [0.15, 0.2) is 0 Å². The van der Waals surface area contributed by atoms with Crippen molar-refractivity contribution >= 4 is 0 Å². The van der Waals surface area contributed by atoms with Crippen molar-refractivity contribution in [3.63, 3.8) is 0 Å². The van der Waals surface area contributed by atoms with Gasteiger partial charge in [-0.05, 0) is 39.3 Å². The molecule has 3 nitrogen and oxygen atoms in total. The maximum Gasteiger partial charge on any atom is 0.0250 e. The average Bonchev–Trinajstić information content (AvgIpc) is 2.67. The van der Waals surface area contributed by atoms with Gasteiger partial charge in [-0.15, -0.1) is 0 Å². The zero-order valence-corrected chi connectivity index (χ0v) is 12.3. The minimum atomic E-state index is 0.407. The molecule has 1 heterocycles. The largest absolute Gasteiger partial charge is 0.326 e. The van der Waals surface area contributed by atoms with Crippen molar-refractivity contribution in [3.05, 3.63) is 0 Å². The van der Waals surface area contributed by atoms with Crippen molar-refractivity contribution in [3.8, 4) is 0 Å².